The molecule has 1 aromatic heterocycles. The molecule has 2 aliphatic rings. The van der Waals surface area contributed by atoms with E-state index in [4.69, 9.17) is 0 Å². The minimum absolute atomic E-state index is 0.0291. The first-order chi connectivity index (χ1) is 9.74. The van der Waals surface area contributed by atoms with Crippen molar-refractivity contribution in [3.05, 3.63) is 23.8 Å². The second kappa shape index (κ2) is 5.87. The largest absolute Gasteiger partial charge is 0.393 e. The van der Waals surface area contributed by atoms with E-state index in [9.17, 15) is 9.90 Å². The van der Waals surface area contributed by atoms with Gasteiger partial charge in [0, 0.05) is 25.2 Å². The van der Waals surface area contributed by atoms with E-state index in [1.54, 1.807) is 17.2 Å². The van der Waals surface area contributed by atoms with Gasteiger partial charge in [-0.15, -0.1) is 0 Å². The smallest absolute Gasteiger partial charge is 0.272 e. The van der Waals surface area contributed by atoms with Crippen molar-refractivity contribution in [1.29, 1.82) is 0 Å². The van der Waals surface area contributed by atoms with Crippen LogP contribution in [0, 0.1) is 0 Å². The summed E-state index contributed by atoms with van der Waals surface area (Å²) in [4.78, 5) is 23.0. The third-order valence-electron chi connectivity index (χ3n) is 4.37. The molecule has 1 aliphatic carbocycles. The molecule has 0 unspecified atom stereocenters. The molecular weight excluding hydrogens is 254 g/mol. The van der Waals surface area contributed by atoms with E-state index >= 15 is 0 Å². The van der Waals surface area contributed by atoms with Crippen molar-refractivity contribution >= 4 is 5.91 Å². The lowest BCUT2D eigenvalue weighted by molar-refractivity contribution is 0.0541. The van der Waals surface area contributed by atoms with Crippen molar-refractivity contribution in [2.45, 2.75) is 50.5 Å². The molecule has 1 saturated heterocycles. The van der Waals surface area contributed by atoms with Gasteiger partial charge < -0.3 is 10.0 Å². The van der Waals surface area contributed by atoms with E-state index in [0.29, 0.717) is 37.5 Å². The zero-order valence-corrected chi connectivity index (χ0v) is 11.7. The molecule has 20 heavy (non-hydrogen) atoms. The van der Waals surface area contributed by atoms with Gasteiger partial charge in [-0.2, -0.15) is 0 Å². The van der Waals surface area contributed by atoms with Gasteiger partial charge in [0.25, 0.3) is 5.91 Å². The number of aliphatic hydroxyl groups excluding tert-OH is 1. The predicted molar refractivity (Wildman–Crippen MR) is 74.4 cm³/mol. The highest BCUT2D eigenvalue weighted by molar-refractivity contribution is 5.92. The van der Waals surface area contributed by atoms with Crippen LogP contribution in [0.5, 0.6) is 0 Å². The first kappa shape index (κ1) is 13.5. The topological polar surface area (TPSA) is 66.3 Å². The molecule has 0 spiro atoms. The molecule has 1 aromatic rings. The Bertz CT molecular complexity index is 478. The maximum Gasteiger partial charge on any atom is 0.272 e. The summed E-state index contributed by atoms with van der Waals surface area (Å²) in [6.45, 7) is 1.23. The van der Waals surface area contributed by atoms with Gasteiger partial charge in [-0.3, -0.25) is 4.79 Å². The van der Waals surface area contributed by atoms with Crippen molar-refractivity contribution in [2.24, 2.45) is 0 Å². The Hall–Kier alpha value is -1.49. The molecule has 0 atom stereocenters. The number of rotatable bonds is 2. The number of carbonyl (C=O) groups is 1. The highest BCUT2D eigenvalue weighted by Crippen LogP contribution is 2.31. The van der Waals surface area contributed by atoms with Gasteiger partial charge in [-0.25, -0.2) is 9.97 Å². The van der Waals surface area contributed by atoms with Gasteiger partial charge in [0.1, 0.15) is 11.5 Å². The lowest BCUT2D eigenvalue weighted by Gasteiger charge is -2.29. The second-order valence-electron chi connectivity index (χ2n) is 5.80. The summed E-state index contributed by atoms with van der Waals surface area (Å²) in [6.07, 6.45) is 7.48. The van der Waals surface area contributed by atoms with Gasteiger partial charge in [0.15, 0.2) is 0 Å². The van der Waals surface area contributed by atoms with Crippen molar-refractivity contribution in [1.82, 2.24) is 14.9 Å². The molecule has 2 heterocycles. The lowest BCUT2D eigenvalue weighted by atomic mass is 10.1. The van der Waals surface area contributed by atoms with Crippen molar-refractivity contribution in [3.8, 4) is 0 Å². The maximum atomic E-state index is 12.4. The van der Waals surface area contributed by atoms with Gasteiger partial charge in [0.05, 0.1) is 6.10 Å². The van der Waals surface area contributed by atoms with Gasteiger partial charge in [-0.05, 0) is 31.7 Å². The fourth-order valence-electron chi connectivity index (χ4n) is 3.10. The third-order valence-corrected chi connectivity index (χ3v) is 4.37. The zero-order chi connectivity index (χ0) is 13.9. The Morgan fingerprint density at radius 3 is 2.60 bits per heavy atom. The molecule has 5 heteroatoms. The number of aromatic nitrogens is 2. The van der Waals surface area contributed by atoms with E-state index < -0.39 is 0 Å². The minimum atomic E-state index is -0.265. The van der Waals surface area contributed by atoms with Crippen LogP contribution in [0.1, 0.15) is 60.8 Å². The molecule has 0 bridgehead atoms. The Balaban J connectivity index is 1.72. The summed E-state index contributed by atoms with van der Waals surface area (Å²) in [5.41, 5.74) is 0.498. The second-order valence-corrected chi connectivity index (χ2v) is 5.80. The first-order valence-electron chi connectivity index (χ1n) is 7.54. The van der Waals surface area contributed by atoms with Crippen molar-refractivity contribution in [3.63, 3.8) is 0 Å². The van der Waals surface area contributed by atoms with E-state index in [1.165, 1.54) is 12.8 Å². The normalized spacial score (nSPS) is 21.4. The van der Waals surface area contributed by atoms with Crippen molar-refractivity contribution < 1.29 is 9.90 Å². The van der Waals surface area contributed by atoms with Crippen LogP contribution in [-0.4, -0.2) is 45.1 Å². The SMILES string of the molecule is O=C(c1ccnc(C2CCCC2)n1)N1CCC(O)CC1. The highest BCUT2D eigenvalue weighted by Gasteiger charge is 2.25. The van der Waals surface area contributed by atoms with Crippen LogP contribution in [0.15, 0.2) is 12.3 Å². The van der Waals surface area contributed by atoms with E-state index in [0.717, 1.165) is 18.7 Å². The number of hydrogen-bond donors (Lipinski definition) is 1. The molecule has 0 radical (unpaired) electrons. The number of piperidine rings is 1. The summed E-state index contributed by atoms with van der Waals surface area (Å²) in [6, 6.07) is 1.70. The standard InChI is InChI=1S/C15H21N3O2/c19-12-6-9-18(10-7-12)15(20)13-5-8-16-14(17-13)11-3-1-2-4-11/h5,8,11-12,19H,1-4,6-7,9-10H2. The number of likely N-dealkylation sites (tertiary alicyclic amines) is 1. The Morgan fingerprint density at radius 2 is 1.90 bits per heavy atom. The molecule has 2 fully saturated rings. The number of aliphatic hydroxyl groups is 1. The van der Waals surface area contributed by atoms with Gasteiger partial charge >= 0.3 is 0 Å². The van der Waals surface area contributed by atoms with Crippen LogP contribution in [0.25, 0.3) is 0 Å². The molecule has 1 amide bonds. The fourth-order valence-corrected chi connectivity index (χ4v) is 3.10. The molecule has 5 nitrogen and oxygen atoms in total. The average molecular weight is 275 g/mol. The van der Waals surface area contributed by atoms with Crippen LogP contribution >= 0.6 is 0 Å². The minimum Gasteiger partial charge on any atom is -0.393 e. The van der Waals surface area contributed by atoms with Gasteiger partial charge in [0.2, 0.25) is 0 Å². The van der Waals surface area contributed by atoms with Gasteiger partial charge in [-0.1, -0.05) is 12.8 Å². The molecule has 3 rings (SSSR count). The Morgan fingerprint density at radius 1 is 1.20 bits per heavy atom. The summed E-state index contributed by atoms with van der Waals surface area (Å²) < 4.78 is 0. The zero-order valence-electron chi connectivity index (χ0n) is 11.7. The maximum absolute atomic E-state index is 12.4. The van der Waals surface area contributed by atoms with Crippen LogP contribution in [0.3, 0.4) is 0 Å². The van der Waals surface area contributed by atoms with Crippen LogP contribution in [0.2, 0.25) is 0 Å². The summed E-state index contributed by atoms with van der Waals surface area (Å²) in [5, 5.41) is 9.50. The third kappa shape index (κ3) is 2.82. The number of nitrogens with zero attached hydrogens (tertiary/aromatic N) is 3. The highest BCUT2D eigenvalue weighted by atomic mass is 16.3. The number of amides is 1. The lowest BCUT2D eigenvalue weighted by Crippen LogP contribution is -2.40. The first-order valence-corrected chi connectivity index (χ1v) is 7.54. The molecule has 1 N–H and O–H groups in total. The van der Waals surface area contributed by atoms with E-state index in [-0.39, 0.29) is 12.0 Å². The van der Waals surface area contributed by atoms with Crippen LogP contribution in [-0.2, 0) is 0 Å². The van der Waals surface area contributed by atoms with E-state index in [2.05, 4.69) is 9.97 Å². The molecule has 1 saturated carbocycles. The number of hydrogen-bond acceptors (Lipinski definition) is 4. The molecular formula is C15H21N3O2. The molecule has 0 aromatic carbocycles. The fraction of sp³-hybridized carbons (Fsp3) is 0.667. The Kier molecular flexibility index (Phi) is 3.96. The predicted octanol–water partition coefficient (Wildman–Crippen LogP) is 1.73. The monoisotopic (exact) mass is 275 g/mol. The average Bonchev–Trinajstić information content (AvgIpc) is 3.02. The Labute approximate surface area is 119 Å². The quantitative estimate of drug-likeness (QED) is 0.892. The molecule has 108 valence electrons. The van der Waals surface area contributed by atoms with Crippen molar-refractivity contribution in [2.75, 3.05) is 13.1 Å². The molecule has 1 aliphatic heterocycles. The summed E-state index contributed by atoms with van der Waals surface area (Å²) in [7, 11) is 0. The van der Waals surface area contributed by atoms with Crippen LogP contribution in [0.4, 0.5) is 0 Å². The summed E-state index contributed by atoms with van der Waals surface area (Å²) in [5.74, 6) is 1.22. The number of carbonyl (C=O) groups excluding carboxylic acids is 1. The van der Waals surface area contributed by atoms with Crippen LogP contribution < -0.4 is 0 Å². The van der Waals surface area contributed by atoms with E-state index in [1.807, 2.05) is 0 Å². The summed E-state index contributed by atoms with van der Waals surface area (Å²) >= 11 is 0.